The van der Waals surface area contributed by atoms with E-state index < -0.39 is 10.8 Å². The van der Waals surface area contributed by atoms with Gasteiger partial charge in [0.1, 0.15) is 44.7 Å². The SMILES string of the molecule is C.C.Clc1ccc(-c2ccc(C(c3ccccc3)(c3ccccc3)c3ccccc3)cc2)cc1.c1ccc(C(c2ccccc2)(c2ccccc2)c2ccc(-c3ccc(N(c4ccc(-c5ccc6oc7ccccc7c6c5)cc4)c4ccc(-c5ccc6oc7ccccc7c6c5)cc4)cc3)cc2)cc1.c1ccc2c(c1)oc1ccc(-c3ccc(Nc4ccc(-c5ccc6oc7ccccc7c6c5)cc4)cc3)cc12. The van der Waals surface area contributed by atoms with Crippen molar-refractivity contribution in [2.45, 2.75) is 25.7 Å². The molecule has 143 heavy (non-hydrogen) atoms. The number of hydrogen-bond acceptors (Lipinski definition) is 6. The van der Waals surface area contributed by atoms with Crippen molar-refractivity contribution in [2.24, 2.45) is 0 Å². The maximum absolute atomic E-state index is 6.15. The number of anilines is 5. The zero-order valence-corrected chi connectivity index (χ0v) is 77.7. The number of halogens is 1. The number of nitrogens with zero attached hydrogens (tertiary/aromatic N) is 1. The van der Waals surface area contributed by atoms with E-state index >= 15 is 0 Å². The van der Waals surface area contributed by atoms with Gasteiger partial charge >= 0.3 is 0 Å². The highest BCUT2D eigenvalue weighted by Gasteiger charge is 2.40. The van der Waals surface area contributed by atoms with Gasteiger partial charge in [-0.15, -0.1) is 0 Å². The molecular formula is C136H99ClN2O4. The summed E-state index contributed by atoms with van der Waals surface area (Å²) in [5, 5.41) is 13.4. The predicted octanol–water partition coefficient (Wildman–Crippen LogP) is 38.6. The fourth-order valence-electron chi connectivity index (χ4n) is 20.7. The van der Waals surface area contributed by atoms with Crippen molar-refractivity contribution in [3.05, 3.63) is 596 Å². The molecule has 22 aromatic carbocycles. The van der Waals surface area contributed by atoms with E-state index in [1.165, 1.54) is 72.3 Å². The second-order valence-corrected chi connectivity index (χ2v) is 36.3. The van der Waals surface area contributed by atoms with Crippen LogP contribution in [0.15, 0.2) is 564 Å². The van der Waals surface area contributed by atoms with Gasteiger partial charge in [-0.2, -0.15) is 0 Å². The molecule has 0 saturated heterocycles. The van der Waals surface area contributed by atoms with Crippen molar-refractivity contribution in [3.8, 4) is 66.8 Å². The smallest absolute Gasteiger partial charge is 0.135 e. The Morgan fingerprint density at radius 3 is 0.573 bits per heavy atom. The summed E-state index contributed by atoms with van der Waals surface area (Å²) in [5.74, 6) is 0. The maximum atomic E-state index is 6.15. The lowest BCUT2D eigenvalue weighted by molar-refractivity contribution is 0.668. The fourth-order valence-corrected chi connectivity index (χ4v) is 20.9. The number of rotatable bonds is 19. The number of nitrogens with one attached hydrogen (secondary N) is 1. The quantitative estimate of drug-likeness (QED) is 0.0814. The summed E-state index contributed by atoms with van der Waals surface area (Å²) in [5.41, 5.74) is 35.4. The molecule has 4 heterocycles. The summed E-state index contributed by atoms with van der Waals surface area (Å²) >= 11 is 6.09. The van der Waals surface area contributed by atoms with E-state index in [1.54, 1.807) is 0 Å². The Balaban J connectivity index is 0.000000135. The molecule has 0 atom stereocenters. The third kappa shape index (κ3) is 17.3. The Kier molecular flexibility index (Phi) is 24.8. The van der Waals surface area contributed by atoms with E-state index in [1.807, 2.05) is 60.7 Å². The van der Waals surface area contributed by atoms with Gasteiger partial charge < -0.3 is 27.9 Å². The highest BCUT2D eigenvalue weighted by atomic mass is 35.5. The molecule has 26 rings (SSSR count). The van der Waals surface area contributed by atoms with E-state index in [2.05, 4.69) is 496 Å². The lowest BCUT2D eigenvalue weighted by atomic mass is 9.65. The third-order valence-corrected chi connectivity index (χ3v) is 27.9. The van der Waals surface area contributed by atoms with Crippen LogP contribution in [-0.2, 0) is 10.8 Å². The second kappa shape index (κ2) is 39.4. The molecule has 0 saturated carbocycles. The Morgan fingerprint density at radius 1 is 0.161 bits per heavy atom. The molecule has 0 amide bonds. The highest BCUT2D eigenvalue weighted by Crippen LogP contribution is 2.50. The van der Waals surface area contributed by atoms with Crippen LogP contribution in [0.1, 0.15) is 59.4 Å². The van der Waals surface area contributed by atoms with Crippen LogP contribution in [-0.4, -0.2) is 0 Å². The zero-order chi connectivity index (χ0) is 94.0. The predicted molar refractivity (Wildman–Crippen MR) is 601 cm³/mol. The van der Waals surface area contributed by atoms with Crippen LogP contribution in [0.5, 0.6) is 0 Å². The van der Waals surface area contributed by atoms with E-state index in [0.29, 0.717) is 0 Å². The molecule has 0 radical (unpaired) electrons. The van der Waals surface area contributed by atoms with Crippen LogP contribution in [0, 0.1) is 0 Å². The molecule has 0 aliphatic rings. The number of furan rings is 4. The molecule has 0 aliphatic carbocycles. The van der Waals surface area contributed by atoms with Crippen molar-refractivity contribution in [1.82, 2.24) is 0 Å². The van der Waals surface area contributed by atoms with Crippen molar-refractivity contribution in [2.75, 3.05) is 10.2 Å². The van der Waals surface area contributed by atoms with E-state index in [0.717, 1.165) is 160 Å². The zero-order valence-electron chi connectivity index (χ0n) is 76.9. The van der Waals surface area contributed by atoms with Gasteiger partial charge in [0.15, 0.2) is 0 Å². The minimum absolute atomic E-state index is 0. The monoisotopic (exact) mass is 1860 g/mol. The van der Waals surface area contributed by atoms with Crippen molar-refractivity contribution in [1.29, 1.82) is 0 Å². The normalized spacial score (nSPS) is 11.4. The largest absolute Gasteiger partial charge is 0.456 e. The average Bonchev–Trinajstić information content (AvgIpc) is 1.66. The van der Waals surface area contributed by atoms with Gasteiger partial charge in [0, 0.05) is 76.5 Å². The van der Waals surface area contributed by atoms with Gasteiger partial charge in [-0.1, -0.05) is 427 Å². The van der Waals surface area contributed by atoms with Gasteiger partial charge in [-0.25, -0.2) is 0 Å². The summed E-state index contributed by atoms with van der Waals surface area (Å²) < 4.78 is 24.3. The van der Waals surface area contributed by atoms with Crippen LogP contribution in [0.3, 0.4) is 0 Å². The minimum atomic E-state index is -0.501. The summed E-state index contributed by atoms with van der Waals surface area (Å²) in [6.45, 7) is 0. The number of fused-ring (bicyclic) bond motifs is 12. The Morgan fingerprint density at radius 2 is 0.336 bits per heavy atom. The first-order chi connectivity index (χ1) is 69.7. The molecule has 7 heteroatoms. The molecule has 1 N–H and O–H groups in total. The first kappa shape index (κ1) is 90.1. The number of benzene rings is 22. The van der Waals surface area contributed by atoms with Gasteiger partial charge in [-0.3, -0.25) is 0 Å². The summed E-state index contributed by atoms with van der Waals surface area (Å²) in [4.78, 5) is 2.34. The van der Waals surface area contributed by atoms with Crippen molar-refractivity contribution in [3.63, 3.8) is 0 Å². The highest BCUT2D eigenvalue weighted by molar-refractivity contribution is 6.30. The van der Waals surface area contributed by atoms with E-state index in [4.69, 9.17) is 29.3 Å². The van der Waals surface area contributed by atoms with E-state index in [9.17, 15) is 0 Å². The molecule has 6 nitrogen and oxygen atoms in total. The van der Waals surface area contributed by atoms with Gasteiger partial charge in [0.2, 0.25) is 0 Å². The van der Waals surface area contributed by atoms with Gasteiger partial charge in [-0.05, 0) is 257 Å². The third-order valence-electron chi connectivity index (χ3n) is 27.7. The lowest BCUT2D eigenvalue weighted by Crippen LogP contribution is -2.30. The maximum Gasteiger partial charge on any atom is 0.135 e. The Bertz CT molecular complexity index is 8410. The Labute approximate surface area is 837 Å². The summed E-state index contributed by atoms with van der Waals surface area (Å²) in [6.07, 6.45) is 0. The standard InChI is InChI=1S/C67H45NO2.C36H23NO2.C31H23Cl.2CH4/c1-4-14-52(15-5-1)67(53-16-6-2-7-17-53,54-18-8-3-9-19-54)55-34-24-46(25-35-55)47-26-36-56(37-27-47)68(57-38-28-48(29-39-57)50-32-42-65-61(44-50)59-20-10-12-22-63(59)69-65)58-40-30-49(31-41-58)51-33-43-66-62(45-51)60-21-11-13-23-64(60)70-66;1-3-7-33-29(5-1)31-21-25(13-19-35(31)38-33)23-9-15-27(16-10-23)37-28-17-11-24(12-18-28)26-14-20-36-32(22-26)30-6-2-4-8-34(30)39-36;32-30-22-18-25(19-23-30)24-16-20-29(21-17-24)31(26-10-4-1-5-11-26,27-12-6-2-7-13-27)28-14-8-3-9-15-28;;/h1-45H;1-22,37H;1-23H;2*1H4. The van der Waals surface area contributed by atoms with Crippen LogP contribution in [0.2, 0.25) is 5.02 Å². The average molecular weight is 1860 g/mol. The molecule has 0 spiro atoms. The van der Waals surface area contributed by atoms with Crippen LogP contribution in [0.25, 0.3) is 155 Å². The first-order valence-electron chi connectivity index (χ1n) is 47.8. The van der Waals surface area contributed by atoms with Crippen LogP contribution in [0.4, 0.5) is 28.4 Å². The number of hydrogen-bond donors (Lipinski definition) is 1. The molecule has 26 aromatic rings. The molecule has 0 aliphatic heterocycles. The van der Waals surface area contributed by atoms with Crippen molar-refractivity contribution < 1.29 is 17.7 Å². The molecule has 0 bridgehead atoms. The summed E-state index contributed by atoms with van der Waals surface area (Å²) in [6, 6.07) is 194. The molecular weight excluding hydrogens is 1760 g/mol. The van der Waals surface area contributed by atoms with Crippen molar-refractivity contribution >= 4 is 128 Å². The fraction of sp³-hybridized carbons (Fsp3) is 0.0294. The molecule has 684 valence electrons. The second-order valence-electron chi connectivity index (χ2n) is 35.9. The molecule has 0 fully saturated rings. The minimum Gasteiger partial charge on any atom is -0.456 e. The lowest BCUT2D eigenvalue weighted by Gasteiger charge is -2.37. The molecule has 4 aromatic heterocycles. The van der Waals surface area contributed by atoms with Crippen LogP contribution < -0.4 is 10.2 Å². The topological polar surface area (TPSA) is 67.8 Å². The first-order valence-corrected chi connectivity index (χ1v) is 48.2. The Hall–Kier alpha value is -18.1. The van der Waals surface area contributed by atoms with Gasteiger partial charge in [0.05, 0.1) is 10.8 Å². The van der Waals surface area contributed by atoms with Gasteiger partial charge in [0.25, 0.3) is 0 Å². The summed E-state index contributed by atoms with van der Waals surface area (Å²) in [7, 11) is 0. The number of para-hydroxylation sites is 4. The van der Waals surface area contributed by atoms with E-state index in [-0.39, 0.29) is 14.9 Å². The van der Waals surface area contributed by atoms with Crippen LogP contribution >= 0.6 is 11.6 Å². The molecule has 0 unspecified atom stereocenters.